The van der Waals surface area contributed by atoms with Crippen molar-refractivity contribution in [3.8, 4) is 0 Å². The molecule has 0 amide bonds. The van der Waals surface area contributed by atoms with E-state index in [1.807, 2.05) is 12.4 Å². The molecule has 1 aliphatic rings. The Labute approximate surface area is 108 Å². The van der Waals surface area contributed by atoms with Gasteiger partial charge in [-0.1, -0.05) is 38.3 Å². The van der Waals surface area contributed by atoms with Crippen molar-refractivity contribution in [3.05, 3.63) is 24.6 Å². The van der Waals surface area contributed by atoms with Crippen LogP contribution in [0.1, 0.15) is 35.5 Å². The van der Waals surface area contributed by atoms with Crippen LogP contribution in [0.2, 0.25) is 0 Å². The molecule has 0 spiro atoms. The zero-order valence-electron chi connectivity index (χ0n) is 9.92. The number of rotatable bonds is 4. The Morgan fingerprint density at radius 2 is 1.92 bits per heavy atom. The van der Waals surface area contributed by atoms with Gasteiger partial charge in [-0.25, -0.2) is 0 Å². The number of dihydropyridines is 1. The molecule has 66 valence electrons. The van der Waals surface area contributed by atoms with Gasteiger partial charge in [0.2, 0.25) is 0 Å². The van der Waals surface area contributed by atoms with Crippen LogP contribution < -0.4 is 5.32 Å². The summed E-state index contributed by atoms with van der Waals surface area (Å²) >= 11 is 0. The molecule has 0 aromatic heterocycles. The average Bonchev–Trinajstić information content (AvgIpc) is 2.07. The van der Waals surface area contributed by atoms with Crippen molar-refractivity contribution >= 4 is 37.7 Å². The van der Waals surface area contributed by atoms with Crippen LogP contribution in [-0.2, 0) is 0 Å². The van der Waals surface area contributed by atoms with Crippen LogP contribution in [0.25, 0.3) is 0 Å². The molecular formula is C10H19CaN. The van der Waals surface area contributed by atoms with E-state index in [9.17, 15) is 0 Å². The van der Waals surface area contributed by atoms with Crippen LogP contribution in [-0.4, -0.2) is 37.7 Å². The van der Waals surface area contributed by atoms with Crippen molar-refractivity contribution in [2.24, 2.45) is 5.92 Å². The molecule has 1 rings (SSSR count). The molecule has 1 nitrogen and oxygen atoms in total. The van der Waals surface area contributed by atoms with E-state index in [1.54, 1.807) is 0 Å². The van der Waals surface area contributed by atoms with Gasteiger partial charge in [0, 0.05) is 0 Å². The van der Waals surface area contributed by atoms with Gasteiger partial charge < -0.3 is 8.17 Å². The Balaban J connectivity index is -0.000000403. The van der Waals surface area contributed by atoms with E-state index in [1.165, 1.54) is 25.7 Å². The largest absolute Gasteiger partial charge is 2.00 e. The number of unbranched alkanes of at least 4 members (excludes halogenated alkanes) is 2. The molecule has 0 aromatic rings. The molecule has 0 aromatic carbocycles. The predicted molar refractivity (Wildman–Crippen MR) is 57.0 cm³/mol. The Morgan fingerprint density at radius 3 is 2.50 bits per heavy atom. The summed E-state index contributed by atoms with van der Waals surface area (Å²) in [5, 5.41) is 3.04. The standard InChI is InChI=1S/C10H17N.Ca.2H/c1-2-3-4-5-10-6-8-11-9-7-10;;;/h6-11H,2-5H2,1H3;;;/q;+2;2*-1. The van der Waals surface area contributed by atoms with E-state index in [4.69, 9.17) is 0 Å². The van der Waals surface area contributed by atoms with Gasteiger partial charge in [-0.3, -0.25) is 0 Å². The number of allylic oxidation sites excluding steroid dienone is 2. The smallest absolute Gasteiger partial charge is 1.00 e. The van der Waals surface area contributed by atoms with Crippen LogP contribution in [0, 0.1) is 5.92 Å². The minimum atomic E-state index is 0. The quantitative estimate of drug-likeness (QED) is 0.534. The summed E-state index contributed by atoms with van der Waals surface area (Å²) in [4.78, 5) is 0. The Hall–Kier alpha value is 0.540. The molecule has 1 heterocycles. The first-order chi connectivity index (χ1) is 5.43. The van der Waals surface area contributed by atoms with Crippen molar-refractivity contribution in [2.75, 3.05) is 0 Å². The van der Waals surface area contributed by atoms with E-state index < -0.39 is 0 Å². The zero-order chi connectivity index (χ0) is 7.94. The van der Waals surface area contributed by atoms with Crippen LogP contribution in [0.3, 0.4) is 0 Å². The minimum Gasteiger partial charge on any atom is -1.00 e. The fraction of sp³-hybridized carbons (Fsp3) is 0.600. The third-order valence-corrected chi connectivity index (χ3v) is 2.02. The van der Waals surface area contributed by atoms with Crippen molar-refractivity contribution in [1.29, 1.82) is 0 Å². The van der Waals surface area contributed by atoms with Gasteiger partial charge in [0.05, 0.1) is 0 Å². The van der Waals surface area contributed by atoms with Gasteiger partial charge in [-0.05, 0) is 24.7 Å². The van der Waals surface area contributed by atoms with Gasteiger partial charge in [-0.2, -0.15) is 0 Å². The number of hydrogen-bond donors (Lipinski definition) is 1. The summed E-state index contributed by atoms with van der Waals surface area (Å²) in [7, 11) is 0. The molecule has 0 saturated carbocycles. The molecule has 12 heavy (non-hydrogen) atoms. The molecule has 0 bridgehead atoms. The van der Waals surface area contributed by atoms with Gasteiger partial charge in [-0.15, -0.1) is 0 Å². The topological polar surface area (TPSA) is 12.0 Å². The molecule has 0 atom stereocenters. The normalized spacial score (nSPS) is 15.4. The predicted octanol–water partition coefficient (Wildman–Crippen LogP) is 2.66. The first-order valence-corrected chi connectivity index (χ1v) is 4.53. The molecule has 0 fully saturated rings. The molecule has 0 radical (unpaired) electrons. The molecule has 2 heteroatoms. The molecule has 0 aliphatic carbocycles. The van der Waals surface area contributed by atoms with Gasteiger partial charge in [0.15, 0.2) is 0 Å². The minimum absolute atomic E-state index is 0. The first-order valence-electron chi connectivity index (χ1n) is 4.53. The summed E-state index contributed by atoms with van der Waals surface area (Å²) in [5.41, 5.74) is 0. The van der Waals surface area contributed by atoms with Gasteiger partial charge in [0.25, 0.3) is 0 Å². The molecule has 0 saturated heterocycles. The Kier molecular flexibility index (Phi) is 8.52. The van der Waals surface area contributed by atoms with Crippen LogP contribution in [0.15, 0.2) is 24.6 Å². The van der Waals surface area contributed by atoms with Crippen molar-refractivity contribution in [1.82, 2.24) is 5.32 Å². The van der Waals surface area contributed by atoms with Gasteiger partial charge >= 0.3 is 37.7 Å². The molecular weight excluding hydrogens is 174 g/mol. The van der Waals surface area contributed by atoms with E-state index >= 15 is 0 Å². The zero-order valence-corrected chi connectivity index (χ0v) is 10.1. The summed E-state index contributed by atoms with van der Waals surface area (Å²) in [6.07, 6.45) is 13.9. The second kappa shape index (κ2) is 8.15. The molecule has 1 aliphatic heterocycles. The SMILES string of the molecule is CCCCCC1C=CNC=C1.[Ca+2].[H-].[H-]. The van der Waals surface area contributed by atoms with Crippen LogP contribution in [0.4, 0.5) is 0 Å². The summed E-state index contributed by atoms with van der Waals surface area (Å²) < 4.78 is 0. The fourth-order valence-corrected chi connectivity index (χ4v) is 1.30. The van der Waals surface area contributed by atoms with E-state index in [-0.39, 0.29) is 40.6 Å². The van der Waals surface area contributed by atoms with E-state index in [2.05, 4.69) is 24.4 Å². The van der Waals surface area contributed by atoms with E-state index in [0.717, 1.165) is 0 Å². The summed E-state index contributed by atoms with van der Waals surface area (Å²) in [6.45, 7) is 2.24. The maximum atomic E-state index is 3.04. The molecule has 0 unspecified atom stereocenters. The van der Waals surface area contributed by atoms with Crippen molar-refractivity contribution in [3.63, 3.8) is 0 Å². The Bertz CT molecular complexity index is 148. The third kappa shape index (κ3) is 5.23. The maximum Gasteiger partial charge on any atom is 2.00 e. The maximum absolute atomic E-state index is 3.04. The third-order valence-electron chi connectivity index (χ3n) is 2.02. The van der Waals surface area contributed by atoms with Crippen molar-refractivity contribution < 1.29 is 2.85 Å². The summed E-state index contributed by atoms with van der Waals surface area (Å²) in [5.74, 6) is 0.683. The second-order valence-electron chi connectivity index (χ2n) is 3.04. The summed E-state index contributed by atoms with van der Waals surface area (Å²) in [6, 6.07) is 0. The van der Waals surface area contributed by atoms with Crippen LogP contribution in [0.5, 0.6) is 0 Å². The number of nitrogens with one attached hydrogen (secondary N) is 1. The average molecular weight is 193 g/mol. The first kappa shape index (κ1) is 12.5. The molecule has 1 N–H and O–H groups in total. The fourth-order valence-electron chi connectivity index (χ4n) is 1.30. The van der Waals surface area contributed by atoms with Gasteiger partial charge in [0.1, 0.15) is 0 Å². The monoisotopic (exact) mass is 193 g/mol. The van der Waals surface area contributed by atoms with Crippen LogP contribution >= 0.6 is 0 Å². The second-order valence-corrected chi connectivity index (χ2v) is 3.04. The van der Waals surface area contributed by atoms with Crippen molar-refractivity contribution in [2.45, 2.75) is 32.6 Å². The Morgan fingerprint density at radius 1 is 1.25 bits per heavy atom. The van der Waals surface area contributed by atoms with E-state index in [0.29, 0.717) is 5.92 Å². The number of hydrogen-bond acceptors (Lipinski definition) is 1.